The van der Waals surface area contributed by atoms with Crippen molar-refractivity contribution in [2.75, 3.05) is 11.9 Å². The van der Waals surface area contributed by atoms with Crippen molar-refractivity contribution in [1.29, 1.82) is 0 Å². The molecule has 0 bridgehead atoms. The van der Waals surface area contributed by atoms with E-state index in [0.29, 0.717) is 12.2 Å². The second-order valence-corrected chi connectivity index (χ2v) is 5.21. The van der Waals surface area contributed by atoms with Crippen LogP contribution in [0.25, 0.3) is 0 Å². The van der Waals surface area contributed by atoms with Crippen LogP contribution in [0.5, 0.6) is 0 Å². The van der Waals surface area contributed by atoms with E-state index >= 15 is 0 Å². The molecule has 0 aliphatic carbocycles. The molecule has 0 fully saturated rings. The van der Waals surface area contributed by atoms with Gasteiger partial charge in [0.25, 0.3) is 0 Å². The fourth-order valence-corrected chi connectivity index (χ4v) is 2.37. The first-order valence-corrected chi connectivity index (χ1v) is 6.42. The minimum absolute atomic E-state index is 0.0980. The molecule has 0 heterocycles. The van der Waals surface area contributed by atoms with Crippen molar-refractivity contribution in [3.63, 3.8) is 0 Å². The molecule has 0 spiro atoms. The zero-order valence-corrected chi connectivity index (χ0v) is 10.2. The fourth-order valence-electron chi connectivity index (χ4n) is 1.06. The lowest BCUT2D eigenvalue weighted by Crippen LogP contribution is -2.12. The van der Waals surface area contributed by atoms with Gasteiger partial charge in [0, 0.05) is 6.54 Å². The number of sulfonamides is 1. The maximum absolute atomic E-state index is 11.0. The highest BCUT2D eigenvalue weighted by Gasteiger charge is 2.13. The van der Waals surface area contributed by atoms with Crippen LogP contribution in [-0.4, -0.2) is 15.0 Å². The summed E-state index contributed by atoms with van der Waals surface area (Å²) in [6, 6.07) is 2.53. The molecule has 1 rings (SSSR count). The zero-order chi connectivity index (χ0) is 11.6. The van der Waals surface area contributed by atoms with E-state index in [4.69, 9.17) is 28.3 Å². The van der Waals surface area contributed by atoms with E-state index in [2.05, 4.69) is 5.32 Å². The predicted molar refractivity (Wildman–Crippen MR) is 62.0 cm³/mol. The van der Waals surface area contributed by atoms with Gasteiger partial charge in [0.1, 0.15) is 0 Å². The van der Waals surface area contributed by atoms with E-state index in [9.17, 15) is 8.42 Å². The van der Waals surface area contributed by atoms with Gasteiger partial charge in [-0.3, -0.25) is 0 Å². The van der Waals surface area contributed by atoms with Gasteiger partial charge >= 0.3 is 0 Å². The third-order valence-electron chi connectivity index (χ3n) is 1.70. The number of rotatable bonds is 3. The molecular formula is C8H10Cl2N2O2S. The minimum Gasteiger partial charge on any atom is -0.383 e. The number of hydrogen-bond donors (Lipinski definition) is 2. The Morgan fingerprint density at radius 3 is 2.13 bits per heavy atom. The number of hydrogen-bond acceptors (Lipinski definition) is 3. The lowest BCUT2D eigenvalue weighted by molar-refractivity contribution is 0.598. The third kappa shape index (κ3) is 2.98. The van der Waals surface area contributed by atoms with Crippen LogP contribution in [0, 0.1) is 0 Å². The molecule has 15 heavy (non-hydrogen) atoms. The highest BCUT2D eigenvalue weighted by atomic mass is 35.5. The first kappa shape index (κ1) is 12.6. The Labute approximate surface area is 98.4 Å². The summed E-state index contributed by atoms with van der Waals surface area (Å²) >= 11 is 11.7. The van der Waals surface area contributed by atoms with E-state index in [0.717, 1.165) is 0 Å². The average molecular weight is 269 g/mol. The molecule has 1 aromatic rings. The summed E-state index contributed by atoms with van der Waals surface area (Å²) in [6.45, 7) is 2.51. The smallest absolute Gasteiger partial charge is 0.238 e. The zero-order valence-electron chi connectivity index (χ0n) is 7.92. The van der Waals surface area contributed by atoms with Crippen molar-refractivity contribution in [2.24, 2.45) is 5.14 Å². The molecule has 0 radical (unpaired) electrons. The Balaban J connectivity index is 3.32. The average Bonchev–Trinajstić information content (AvgIpc) is 2.09. The lowest BCUT2D eigenvalue weighted by atomic mass is 10.3. The molecule has 7 heteroatoms. The summed E-state index contributed by atoms with van der Waals surface area (Å²) in [5.41, 5.74) is 0.508. The Bertz CT molecular complexity index is 451. The molecule has 0 saturated heterocycles. The van der Waals surface area contributed by atoms with Crippen LogP contribution in [-0.2, 0) is 10.0 Å². The van der Waals surface area contributed by atoms with Gasteiger partial charge in [-0.2, -0.15) is 0 Å². The highest BCUT2D eigenvalue weighted by Crippen LogP contribution is 2.32. The molecular weight excluding hydrogens is 259 g/mol. The molecule has 0 saturated carbocycles. The van der Waals surface area contributed by atoms with Crippen molar-refractivity contribution in [2.45, 2.75) is 11.8 Å². The minimum atomic E-state index is -3.78. The van der Waals surface area contributed by atoms with Crippen LogP contribution in [0.15, 0.2) is 17.0 Å². The van der Waals surface area contributed by atoms with Gasteiger partial charge in [-0.05, 0) is 19.1 Å². The van der Waals surface area contributed by atoms with Crippen molar-refractivity contribution < 1.29 is 8.42 Å². The Kier molecular flexibility index (Phi) is 3.83. The van der Waals surface area contributed by atoms with Gasteiger partial charge in [0.15, 0.2) is 0 Å². The third-order valence-corrected chi connectivity index (χ3v) is 3.19. The van der Waals surface area contributed by atoms with Gasteiger partial charge < -0.3 is 5.32 Å². The van der Waals surface area contributed by atoms with Gasteiger partial charge in [0.05, 0.1) is 20.6 Å². The predicted octanol–water partition coefficient (Wildman–Crippen LogP) is 2.07. The van der Waals surface area contributed by atoms with Gasteiger partial charge in [-0.1, -0.05) is 23.2 Å². The standard InChI is InChI=1S/C8H10Cl2N2O2S/c1-2-12-8-6(9)3-5(4-7(8)10)15(11,13)14/h3-4,12H,2H2,1H3,(H2,11,13,14). The first-order chi connectivity index (χ1) is 6.86. The molecule has 3 N–H and O–H groups in total. The maximum Gasteiger partial charge on any atom is 0.238 e. The van der Waals surface area contributed by atoms with Crippen molar-refractivity contribution in [3.8, 4) is 0 Å². The molecule has 0 aliphatic rings. The highest BCUT2D eigenvalue weighted by molar-refractivity contribution is 7.89. The van der Waals surface area contributed by atoms with Gasteiger partial charge in [-0.15, -0.1) is 0 Å². The molecule has 0 atom stereocenters. The van der Waals surface area contributed by atoms with Crippen molar-refractivity contribution >= 4 is 38.9 Å². The number of anilines is 1. The van der Waals surface area contributed by atoms with Crippen LogP contribution < -0.4 is 10.5 Å². The van der Waals surface area contributed by atoms with Crippen molar-refractivity contribution in [3.05, 3.63) is 22.2 Å². The second-order valence-electron chi connectivity index (χ2n) is 2.84. The summed E-state index contributed by atoms with van der Waals surface area (Å²) in [4.78, 5) is -0.0980. The van der Waals surface area contributed by atoms with E-state index < -0.39 is 10.0 Å². The molecule has 84 valence electrons. The number of halogens is 2. The summed E-state index contributed by atoms with van der Waals surface area (Å²) in [7, 11) is -3.78. The summed E-state index contributed by atoms with van der Waals surface area (Å²) in [5.74, 6) is 0. The normalized spacial score (nSPS) is 11.5. The lowest BCUT2D eigenvalue weighted by Gasteiger charge is -2.09. The summed E-state index contributed by atoms with van der Waals surface area (Å²) in [6.07, 6.45) is 0. The Hall–Kier alpha value is -0.490. The van der Waals surface area contributed by atoms with Crippen LogP contribution in [0.4, 0.5) is 5.69 Å². The van der Waals surface area contributed by atoms with Crippen LogP contribution in [0.1, 0.15) is 6.92 Å². The molecule has 1 aromatic carbocycles. The monoisotopic (exact) mass is 268 g/mol. The molecule has 0 unspecified atom stereocenters. The first-order valence-electron chi connectivity index (χ1n) is 4.12. The number of benzene rings is 1. The van der Waals surface area contributed by atoms with Crippen LogP contribution in [0.3, 0.4) is 0 Å². The Morgan fingerprint density at radius 2 is 1.80 bits per heavy atom. The van der Waals surface area contributed by atoms with Crippen LogP contribution in [0.2, 0.25) is 10.0 Å². The number of primary sulfonamides is 1. The Morgan fingerprint density at radius 1 is 1.33 bits per heavy atom. The van der Waals surface area contributed by atoms with E-state index in [1.54, 1.807) is 0 Å². The van der Waals surface area contributed by atoms with Gasteiger partial charge in [0.2, 0.25) is 10.0 Å². The maximum atomic E-state index is 11.0. The number of nitrogens with two attached hydrogens (primary N) is 1. The van der Waals surface area contributed by atoms with Crippen LogP contribution >= 0.6 is 23.2 Å². The largest absolute Gasteiger partial charge is 0.383 e. The molecule has 0 aromatic heterocycles. The quantitative estimate of drug-likeness (QED) is 0.882. The summed E-state index contributed by atoms with van der Waals surface area (Å²) in [5, 5.41) is 8.34. The summed E-state index contributed by atoms with van der Waals surface area (Å²) < 4.78 is 22.1. The second kappa shape index (κ2) is 4.57. The fraction of sp³-hybridized carbons (Fsp3) is 0.250. The number of nitrogens with one attached hydrogen (secondary N) is 1. The molecule has 0 amide bonds. The van der Waals surface area contributed by atoms with Crippen molar-refractivity contribution in [1.82, 2.24) is 0 Å². The van der Waals surface area contributed by atoms with E-state index in [1.807, 2.05) is 6.92 Å². The van der Waals surface area contributed by atoms with E-state index in [1.165, 1.54) is 12.1 Å². The van der Waals surface area contributed by atoms with E-state index in [-0.39, 0.29) is 14.9 Å². The SMILES string of the molecule is CCNc1c(Cl)cc(S(N)(=O)=O)cc1Cl. The molecule has 4 nitrogen and oxygen atoms in total. The molecule has 0 aliphatic heterocycles. The topological polar surface area (TPSA) is 72.2 Å². The van der Waals surface area contributed by atoms with Gasteiger partial charge in [-0.25, -0.2) is 13.6 Å².